The predicted molar refractivity (Wildman–Crippen MR) is 62.0 cm³/mol. The van der Waals surface area contributed by atoms with Gasteiger partial charge in [-0.25, -0.2) is 0 Å². The quantitative estimate of drug-likeness (QED) is 0.507. The molecule has 1 N–H and O–H groups in total. The Balaban J connectivity index is 4.31. The van der Waals surface area contributed by atoms with Crippen LogP contribution in [0.1, 0.15) is 13.3 Å². The maximum Gasteiger partial charge on any atom is 0.500 e. The van der Waals surface area contributed by atoms with E-state index >= 15 is 0 Å². The minimum Gasteiger partial charge on any atom is -0.385 e. The van der Waals surface area contributed by atoms with Crippen LogP contribution in [0.2, 0.25) is 6.04 Å². The van der Waals surface area contributed by atoms with Gasteiger partial charge in [-0.1, -0.05) is 6.58 Å². The van der Waals surface area contributed by atoms with Crippen LogP contribution in [0.5, 0.6) is 0 Å². The number of hydrogen-bond acceptors (Lipinski definition) is 5. The standard InChI is InChI=1S/C10H20O5Si/c1-8(2)10(12)9(11)6-7-16(13-3,14-4)15-5/h9,11H,1,6-7H2,2-5H3. The maximum atomic E-state index is 11.4. The summed E-state index contributed by atoms with van der Waals surface area (Å²) in [7, 11) is 1.77. The molecule has 1 atom stereocenters. The topological polar surface area (TPSA) is 65.0 Å². The molecule has 94 valence electrons. The Morgan fingerprint density at radius 1 is 1.31 bits per heavy atom. The van der Waals surface area contributed by atoms with Crippen LogP contribution < -0.4 is 0 Å². The molecule has 0 saturated heterocycles. The lowest BCUT2D eigenvalue weighted by atomic mass is 10.1. The first-order chi connectivity index (χ1) is 7.42. The minimum absolute atomic E-state index is 0.243. The van der Waals surface area contributed by atoms with E-state index in [1.54, 1.807) is 6.92 Å². The molecule has 1 unspecified atom stereocenters. The van der Waals surface area contributed by atoms with Gasteiger partial charge in [0.25, 0.3) is 0 Å². The third-order valence-corrected chi connectivity index (χ3v) is 5.15. The number of hydrogen-bond donors (Lipinski definition) is 1. The third kappa shape index (κ3) is 4.15. The van der Waals surface area contributed by atoms with Gasteiger partial charge in [-0.2, -0.15) is 0 Å². The van der Waals surface area contributed by atoms with Crippen LogP contribution in [-0.4, -0.2) is 47.1 Å². The van der Waals surface area contributed by atoms with E-state index < -0.39 is 14.9 Å². The number of rotatable bonds is 8. The summed E-state index contributed by atoms with van der Waals surface area (Å²) in [6.45, 7) is 5.06. The molecule has 0 rings (SSSR count). The summed E-state index contributed by atoms with van der Waals surface area (Å²) in [5, 5.41) is 9.58. The van der Waals surface area contributed by atoms with E-state index in [2.05, 4.69) is 6.58 Å². The molecule has 0 aliphatic carbocycles. The predicted octanol–water partition coefficient (Wildman–Crippen LogP) is 0.761. The van der Waals surface area contributed by atoms with Gasteiger partial charge in [0.2, 0.25) is 0 Å². The van der Waals surface area contributed by atoms with E-state index in [0.717, 1.165) is 0 Å². The van der Waals surface area contributed by atoms with Crippen LogP contribution in [0.3, 0.4) is 0 Å². The van der Waals surface area contributed by atoms with Gasteiger partial charge in [0, 0.05) is 27.4 Å². The lowest BCUT2D eigenvalue weighted by Gasteiger charge is -2.25. The van der Waals surface area contributed by atoms with E-state index in [4.69, 9.17) is 13.3 Å². The molecule has 0 heterocycles. The molecule has 0 aromatic rings. The normalized spacial score (nSPS) is 13.6. The summed E-state index contributed by atoms with van der Waals surface area (Å²) >= 11 is 0. The SMILES string of the molecule is C=C(C)C(=O)C(O)CC[Si](OC)(OC)OC. The van der Waals surface area contributed by atoms with Crippen molar-refractivity contribution in [2.45, 2.75) is 25.5 Å². The van der Waals surface area contributed by atoms with E-state index in [1.165, 1.54) is 21.3 Å². The van der Waals surface area contributed by atoms with Crippen LogP contribution in [-0.2, 0) is 18.1 Å². The largest absolute Gasteiger partial charge is 0.500 e. The van der Waals surface area contributed by atoms with Crippen molar-refractivity contribution < 1.29 is 23.2 Å². The van der Waals surface area contributed by atoms with Crippen molar-refractivity contribution in [3.05, 3.63) is 12.2 Å². The van der Waals surface area contributed by atoms with Crippen molar-refractivity contribution in [3.63, 3.8) is 0 Å². The van der Waals surface area contributed by atoms with Gasteiger partial charge in [0.1, 0.15) is 6.10 Å². The zero-order valence-electron chi connectivity index (χ0n) is 10.3. The minimum atomic E-state index is -2.70. The van der Waals surface area contributed by atoms with Gasteiger partial charge in [-0.3, -0.25) is 4.79 Å². The molecule has 0 saturated carbocycles. The highest BCUT2D eigenvalue weighted by molar-refractivity contribution is 6.60. The highest BCUT2D eigenvalue weighted by atomic mass is 28.4. The molecule has 0 amide bonds. The number of Topliss-reactive ketones (excluding diaryl/α,β-unsaturated/α-hetero) is 1. The summed E-state index contributed by atoms with van der Waals surface area (Å²) in [5.74, 6) is -0.355. The first kappa shape index (κ1) is 15.5. The fourth-order valence-electron chi connectivity index (χ4n) is 1.29. The van der Waals surface area contributed by atoms with E-state index in [9.17, 15) is 9.90 Å². The van der Waals surface area contributed by atoms with E-state index in [0.29, 0.717) is 11.6 Å². The second-order valence-corrected chi connectivity index (χ2v) is 6.59. The molecule has 6 heteroatoms. The monoisotopic (exact) mass is 248 g/mol. The molecule has 0 aliphatic heterocycles. The molecule has 0 aromatic carbocycles. The van der Waals surface area contributed by atoms with Gasteiger partial charge >= 0.3 is 8.80 Å². The van der Waals surface area contributed by atoms with Crippen LogP contribution >= 0.6 is 0 Å². The second-order valence-electron chi connectivity index (χ2n) is 3.49. The fraction of sp³-hybridized carbons (Fsp3) is 0.700. The second kappa shape index (κ2) is 6.92. The summed E-state index contributed by atoms with van der Waals surface area (Å²) in [4.78, 5) is 11.4. The molecule has 0 radical (unpaired) electrons. The maximum absolute atomic E-state index is 11.4. The first-order valence-corrected chi connectivity index (χ1v) is 6.89. The molecule has 0 bridgehead atoms. The van der Waals surface area contributed by atoms with Gasteiger partial charge in [0.05, 0.1) is 0 Å². The average Bonchev–Trinajstić information content (AvgIpc) is 2.30. The summed E-state index contributed by atoms with van der Waals surface area (Å²) in [5.41, 5.74) is 0.340. The lowest BCUT2D eigenvalue weighted by molar-refractivity contribution is -0.123. The zero-order chi connectivity index (χ0) is 12.8. The summed E-state index contributed by atoms with van der Waals surface area (Å²) in [6, 6.07) is 0.386. The fourth-order valence-corrected chi connectivity index (χ4v) is 3.02. The van der Waals surface area contributed by atoms with Crippen molar-refractivity contribution in [2.24, 2.45) is 0 Å². The highest BCUT2D eigenvalue weighted by Crippen LogP contribution is 2.17. The zero-order valence-corrected chi connectivity index (χ0v) is 11.3. The highest BCUT2D eigenvalue weighted by Gasteiger charge is 2.38. The molecule has 5 nitrogen and oxygen atoms in total. The van der Waals surface area contributed by atoms with Crippen molar-refractivity contribution in [1.29, 1.82) is 0 Å². The molecular formula is C10H20O5Si. The van der Waals surface area contributed by atoms with Crippen molar-refractivity contribution >= 4 is 14.6 Å². The van der Waals surface area contributed by atoms with Crippen LogP contribution in [0, 0.1) is 0 Å². The Kier molecular flexibility index (Phi) is 6.69. The van der Waals surface area contributed by atoms with Crippen molar-refractivity contribution in [2.75, 3.05) is 21.3 Å². The third-order valence-electron chi connectivity index (χ3n) is 2.38. The molecule has 16 heavy (non-hydrogen) atoms. The molecule has 0 aliphatic rings. The lowest BCUT2D eigenvalue weighted by Crippen LogP contribution is -2.43. The van der Waals surface area contributed by atoms with Crippen molar-refractivity contribution in [1.82, 2.24) is 0 Å². The summed E-state index contributed by atoms with van der Waals surface area (Å²) < 4.78 is 15.5. The molecule has 0 spiro atoms. The van der Waals surface area contributed by atoms with Gasteiger partial charge in [-0.15, -0.1) is 0 Å². The smallest absolute Gasteiger partial charge is 0.385 e. The van der Waals surface area contributed by atoms with Crippen LogP contribution in [0.25, 0.3) is 0 Å². The van der Waals surface area contributed by atoms with Crippen LogP contribution in [0.15, 0.2) is 12.2 Å². The van der Waals surface area contributed by atoms with Crippen molar-refractivity contribution in [3.8, 4) is 0 Å². The Hall–Kier alpha value is -0.533. The Morgan fingerprint density at radius 3 is 2.06 bits per heavy atom. The van der Waals surface area contributed by atoms with Gasteiger partial charge in [0.15, 0.2) is 5.78 Å². The van der Waals surface area contributed by atoms with Gasteiger partial charge in [-0.05, 0) is 18.9 Å². The van der Waals surface area contributed by atoms with E-state index in [1.807, 2.05) is 0 Å². The molecule has 0 fully saturated rings. The first-order valence-electron chi connectivity index (χ1n) is 4.95. The number of aliphatic hydroxyl groups excluding tert-OH is 1. The van der Waals surface area contributed by atoms with E-state index in [-0.39, 0.29) is 12.2 Å². The molecule has 0 aromatic heterocycles. The molecular weight excluding hydrogens is 228 g/mol. The van der Waals surface area contributed by atoms with Crippen LogP contribution in [0.4, 0.5) is 0 Å². The van der Waals surface area contributed by atoms with Gasteiger partial charge < -0.3 is 18.4 Å². The Bertz CT molecular complexity index is 241. The Morgan fingerprint density at radius 2 is 1.75 bits per heavy atom. The number of carbonyl (C=O) groups excluding carboxylic acids is 1. The Labute approximate surface area is 97.4 Å². The summed E-state index contributed by atoms with van der Waals surface area (Å²) in [6.07, 6.45) is -0.821. The number of ketones is 1. The average molecular weight is 248 g/mol. The number of carbonyl (C=O) groups is 1. The number of aliphatic hydroxyl groups is 1.